The van der Waals surface area contributed by atoms with Crippen LogP contribution in [-0.4, -0.2) is 62.1 Å². The van der Waals surface area contributed by atoms with Crippen LogP contribution in [0.3, 0.4) is 0 Å². The van der Waals surface area contributed by atoms with E-state index in [-0.39, 0.29) is 25.4 Å². The van der Waals surface area contributed by atoms with Gasteiger partial charge in [0.05, 0.1) is 24.2 Å². The van der Waals surface area contributed by atoms with E-state index in [9.17, 15) is 17.2 Å². The molecule has 0 spiro atoms. The van der Waals surface area contributed by atoms with Gasteiger partial charge in [0.15, 0.2) is 9.84 Å². The van der Waals surface area contributed by atoms with Crippen molar-refractivity contribution in [2.45, 2.75) is 25.5 Å². The maximum absolute atomic E-state index is 12.1. The summed E-state index contributed by atoms with van der Waals surface area (Å²) in [4.78, 5) is 1.25. The largest absolute Gasteiger partial charge is 0.395 e. The van der Waals surface area contributed by atoms with Gasteiger partial charge in [-0.15, -0.1) is 0 Å². The van der Waals surface area contributed by atoms with Gasteiger partial charge in [-0.05, 0) is 13.8 Å². The van der Waals surface area contributed by atoms with Crippen molar-refractivity contribution in [3.05, 3.63) is 0 Å². The molecule has 0 aliphatic rings. The number of hydrogen-bond acceptors (Lipinski definition) is 4. The quantitative estimate of drug-likeness (QED) is 0.684. The Morgan fingerprint density at radius 3 is 2.19 bits per heavy atom. The minimum absolute atomic E-state index is 0.0331. The summed E-state index contributed by atoms with van der Waals surface area (Å²) < 4.78 is 47.1. The Bertz CT molecular complexity index is 280. The summed E-state index contributed by atoms with van der Waals surface area (Å²) in [5.74, 6) is -0.155. The van der Waals surface area contributed by atoms with E-state index in [1.165, 1.54) is 4.90 Å². The Kier molecular flexibility index (Phi) is 7.01. The lowest BCUT2D eigenvalue weighted by molar-refractivity contribution is 0.0815. The van der Waals surface area contributed by atoms with E-state index in [0.717, 1.165) is 0 Å². The molecule has 0 aromatic rings. The minimum Gasteiger partial charge on any atom is -0.395 e. The molecule has 0 aromatic heterocycles. The summed E-state index contributed by atoms with van der Waals surface area (Å²) in [5, 5.41) is 8.15. The predicted molar refractivity (Wildman–Crippen MR) is 58.5 cm³/mol. The molecule has 0 aliphatic carbocycles. The zero-order valence-electron chi connectivity index (χ0n) is 9.57. The number of alkyl halides is 2. The Hall–Kier alpha value is -0.270. The lowest BCUT2D eigenvalue weighted by Gasteiger charge is -2.21. The molecule has 0 bridgehead atoms. The standard InChI is InChI=1S/C9H19F2NO3S/c1-8(2)16(14,15)6-4-12(3-5-13)7-9(10)11/h8-9,13H,3-7H2,1-2H3. The number of nitrogens with zero attached hydrogens (tertiary/aromatic N) is 1. The van der Waals surface area contributed by atoms with Crippen molar-refractivity contribution in [3.63, 3.8) is 0 Å². The van der Waals surface area contributed by atoms with Gasteiger partial charge in [0.2, 0.25) is 0 Å². The molecule has 0 aromatic carbocycles. The Labute approximate surface area is 95.2 Å². The highest BCUT2D eigenvalue weighted by Gasteiger charge is 2.19. The van der Waals surface area contributed by atoms with E-state index in [1.54, 1.807) is 13.8 Å². The van der Waals surface area contributed by atoms with Crippen molar-refractivity contribution in [1.29, 1.82) is 0 Å². The molecule has 7 heteroatoms. The van der Waals surface area contributed by atoms with Crippen molar-refractivity contribution in [3.8, 4) is 0 Å². The van der Waals surface area contributed by atoms with Gasteiger partial charge in [-0.2, -0.15) is 0 Å². The van der Waals surface area contributed by atoms with Gasteiger partial charge < -0.3 is 5.11 Å². The normalized spacial score (nSPS) is 13.0. The first-order chi connectivity index (χ1) is 7.29. The van der Waals surface area contributed by atoms with Gasteiger partial charge in [-0.25, -0.2) is 17.2 Å². The summed E-state index contributed by atoms with van der Waals surface area (Å²) in [7, 11) is -3.22. The second-order valence-electron chi connectivity index (χ2n) is 3.83. The van der Waals surface area contributed by atoms with E-state index in [1.807, 2.05) is 0 Å². The molecule has 0 saturated heterocycles. The molecule has 0 heterocycles. The average molecular weight is 259 g/mol. The molecule has 0 rings (SSSR count). The van der Waals surface area contributed by atoms with Crippen molar-refractivity contribution in [2.24, 2.45) is 0 Å². The van der Waals surface area contributed by atoms with Crippen LogP contribution in [0, 0.1) is 0 Å². The Balaban J connectivity index is 4.21. The molecular weight excluding hydrogens is 240 g/mol. The second-order valence-corrected chi connectivity index (χ2v) is 6.51. The molecule has 98 valence electrons. The number of aliphatic hydroxyl groups excluding tert-OH is 1. The van der Waals surface area contributed by atoms with Crippen molar-refractivity contribution >= 4 is 9.84 Å². The summed E-state index contributed by atoms with van der Waals surface area (Å²) in [6.45, 7) is 2.45. The number of hydrogen-bond donors (Lipinski definition) is 1. The molecule has 0 amide bonds. The van der Waals surface area contributed by atoms with E-state index in [0.29, 0.717) is 0 Å². The highest BCUT2D eigenvalue weighted by atomic mass is 32.2. The molecule has 0 unspecified atom stereocenters. The van der Waals surface area contributed by atoms with E-state index in [4.69, 9.17) is 5.11 Å². The fraction of sp³-hybridized carbons (Fsp3) is 1.00. The van der Waals surface area contributed by atoms with Crippen molar-refractivity contribution in [1.82, 2.24) is 4.90 Å². The van der Waals surface area contributed by atoms with Crippen molar-refractivity contribution < 1.29 is 22.3 Å². The lowest BCUT2D eigenvalue weighted by atomic mass is 10.5. The van der Waals surface area contributed by atoms with Crippen LogP contribution in [0.25, 0.3) is 0 Å². The van der Waals surface area contributed by atoms with Gasteiger partial charge in [0, 0.05) is 13.1 Å². The van der Waals surface area contributed by atoms with Crippen LogP contribution in [0.4, 0.5) is 8.78 Å². The molecule has 0 saturated carbocycles. The lowest BCUT2D eigenvalue weighted by Crippen LogP contribution is -2.36. The maximum atomic E-state index is 12.1. The third-order valence-corrected chi connectivity index (χ3v) is 4.41. The van der Waals surface area contributed by atoms with Crippen LogP contribution in [-0.2, 0) is 9.84 Å². The molecule has 0 atom stereocenters. The van der Waals surface area contributed by atoms with E-state index >= 15 is 0 Å². The SMILES string of the molecule is CC(C)S(=O)(=O)CCN(CCO)CC(F)F. The molecule has 16 heavy (non-hydrogen) atoms. The highest BCUT2D eigenvalue weighted by Crippen LogP contribution is 2.03. The third kappa shape index (κ3) is 6.34. The zero-order chi connectivity index (χ0) is 12.8. The third-order valence-electron chi connectivity index (χ3n) is 2.22. The van der Waals surface area contributed by atoms with Gasteiger partial charge in [0.1, 0.15) is 0 Å². The fourth-order valence-corrected chi connectivity index (χ4v) is 2.11. The van der Waals surface area contributed by atoms with Gasteiger partial charge >= 0.3 is 0 Å². The molecule has 0 radical (unpaired) electrons. The minimum atomic E-state index is -3.22. The number of aliphatic hydroxyl groups is 1. The highest BCUT2D eigenvalue weighted by molar-refractivity contribution is 7.92. The van der Waals surface area contributed by atoms with Crippen LogP contribution < -0.4 is 0 Å². The van der Waals surface area contributed by atoms with E-state index in [2.05, 4.69) is 0 Å². The molecule has 0 fully saturated rings. The van der Waals surface area contributed by atoms with Gasteiger partial charge in [-0.3, -0.25) is 4.90 Å². The maximum Gasteiger partial charge on any atom is 0.251 e. The van der Waals surface area contributed by atoms with Crippen molar-refractivity contribution in [2.75, 3.05) is 32.0 Å². The van der Waals surface area contributed by atoms with Crippen LogP contribution in [0.5, 0.6) is 0 Å². The molecule has 4 nitrogen and oxygen atoms in total. The average Bonchev–Trinajstić information content (AvgIpc) is 2.13. The van der Waals surface area contributed by atoms with Crippen LogP contribution in [0.2, 0.25) is 0 Å². The zero-order valence-corrected chi connectivity index (χ0v) is 10.4. The predicted octanol–water partition coefficient (Wildman–Crippen LogP) is 0.369. The van der Waals surface area contributed by atoms with Gasteiger partial charge in [0.25, 0.3) is 6.43 Å². The first-order valence-corrected chi connectivity index (χ1v) is 6.84. The van der Waals surface area contributed by atoms with E-state index < -0.39 is 28.1 Å². The van der Waals surface area contributed by atoms with Crippen LogP contribution in [0.1, 0.15) is 13.8 Å². The monoisotopic (exact) mass is 259 g/mol. The summed E-state index contributed by atoms with van der Waals surface area (Å²) in [6, 6.07) is 0. The molecule has 0 aliphatic heterocycles. The Morgan fingerprint density at radius 2 is 1.81 bits per heavy atom. The Morgan fingerprint density at radius 1 is 1.25 bits per heavy atom. The topological polar surface area (TPSA) is 57.6 Å². The smallest absolute Gasteiger partial charge is 0.251 e. The first-order valence-electron chi connectivity index (χ1n) is 5.12. The fourth-order valence-electron chi connectivity index (χ4n) is 1.12. The number of sulfone groups is 1. The summed E-state index contributed by atoms with van der Waals surface area (Å²) in [6.07, 6.45) is -2.52. The first kappa shape index (κ1) is 15.7. The summed E-state index contributed by atoms with van der Waals surface area (Å²) >= 11 is 0. The number of rotatable bonds is 8. The molecule has 1 N–H and O–H groups in total. The number of halogens is 2. The second kappa shape index (κ2) is 7.13. The van der Waals surface area contributed by atoms with Crippen LogP contribution in [0.15, 0.2) is 0 Å². The molecular formula is C9H19F2NO3S. The summed E-state index contributed by atoms with van der Waals surface area (Å²) in [5.41, 5.74) is 0. The van der Waals surface area contributed by atoms with Crippen LogP contribution >= 0.6 is 0 Å². The van der Waals surface area contributed by atoms with Gasteiger partial charge in [-0.1, -0.05) is 0 Å².